The molecule has 0 heterocycles. The van der Waals surface area contributed by atoms with Crippen LogP contribution in [0.4, 0.5) is 0 Å². The molecular weight excluding hydrogens is 202 g/mol. The van der Waals surface area contributed by atoms with Crippen LogP contribution < -0.4 is 5.73 Å². The largest absolute Gasteiger partial charge is 0.395 e. The molecule has 0 aromatic carbocycles. The second-order valence-electron chi connectivity index (χ2n) is 4.76. The Hall–Kier alpha value is -0.160. The lowest BCUT2D eigenvalue weighted by Gasteiger charge is -2.38. The Labute approximate surface area is 100 Å². The van der Waals surface area contributed by atoms with Crippen molar-refractivity contribution in [3.63, 3.8) is 0 Å². The highest BCUT2D eigenvalue weighted by molar-refractivity contribution is 4.84. The van der Waals surface area contributed by atoms with Crippen LogP contribution in [0, 0.1) is 0 Å². The summed E-state index contributed by atoms with van der Waals surface area (Å²) in [6.45, 7) is 8.43. The summed E-state index contributed by atoms with van der Waals surface area (Å²) < 4.78 is 0. The maximum atomic E-state index is 9.48. The molecule has 0 fully saturated rings. The molecule has 0 aromatic heterocycles. The highest BCUT2D eigenvalue weighted by atomic mass is 16.3. The predicted octanol–water partition coefficient (Wildman–Crippen LogP) is 0.357. The summed E-state index contributed by atoms with van der Waals surface area (Å²) >= 11 is 0. The van der Waals surface area contributed by atoms with E-state index < -0.39 is 0 Å². The quantitative estimate of drug-likeness (QED) is 0.633. The van der Waals surface area contributed by atoms with Crippen molar-refractivity contribution in [2.24, 2.45) is 5.73 Å². The Morgan fingerprint density at radius 2 is 1.81 bits per heavy atom. The molecule has 3 N–H and O–H groups in total. The summed E-state index contributed by atoms with van der Waals surface area (Å²) in [4.78, 5) is 4.47. The number of likely N-dealkylation sites (N-methyl/N-ethyl adjacent to an activating group) is 2. The van der Waals surface area contributed by atoms with Crippen LogP contribution in [0.2, 0.25) is 0 Å². The van der Waals surface area contributed by atoms with Crippen LogP contribution in [0.5, 0.6) is 0 Å². The van der Waals surface area contributed by atoms with Crippen LogP contribution in [0.15, 0.2) is 0 Å². The second kappa shape index (κ2) is 8.01. The Morgan fingerprint density at radius 1 is 1.25 bits per heavy atom. The van der Waals surface area contributed by atoms with Crippen molar-refractivity contribution in [1.82, 2.24) is 9.80 Å². The minimum absolute atomic E-state index is 0.0505. The van der Waals surface area contributed by atoms with Gasteiger partial charge in [-0.1, -0.05) is 13.8 Å². The first-order valence-electron chi connectivity index (χ1n) is 6.24. The standard InChI is InChI=1S/C12H29N3O/c1-6-11(13)12(9-16)15(7-2)10(3)8-14(4)5/h10-12,16H,6-9,13H2,1-5H3. The lowest BCUT2D eigenvalue weighted by atomic mass is 10.0. The van der Waals surface area contributed by atoms with Crippen molar-refractivity contribution in [3.05, 3.63) is 0 Å². The van der Waals surface area contributed by atoms with E-state index in [0.29, 0.717) is 6.04 Å². The van der Waals surface area contributed by atoms with Crippen molar-refractivity contribution in [1.29, 1.82) is 0 Å². The van der Waals surface area contributed by atoms with Gasteiger partial charge in [-0.05, 0) is 34.0 Å². The van der Waals surface area contributed by atoms with Gasteiger partial charge in [0.15, 0.2) is 0 Å². The highest BCUT2D eigenvalue weighted by Crippen LogP contribution is 2.10. The molecule has 0 bridgehead atoms. The second-order valence-corrected chi connectivity index (χ2v) is 4.76. The van der Waals surface area contributed by atoms with Crippen molar-refractivity contribution < 1.29 is 5.11 Å². The zero-order chi connectivity index (χ0) is 12.7. The van der Waals surface area contributed by atoms with Crippen LogP contribution in [0.3, 0.4) is 0 Å². The molecule has 16 heavy (non-hydrogen) atoms. The summed E-state index contributed by atoms with van der Waals surface area (Å²) in [6, 6.07) is 0.536. The summed E-state index contributed by atoms with van der Waals surface area (Å²) in [5.41, 5.74) is 6.06. The molecule has 0 aromatic rings. The molecule has 0 aliphatic carbocycles. The van der Waals surface area contributed by atoms with Crippen molar-refractivity contribution in [3.8, 4) is 0 Å². The van der Waals surface area contributed by atoms with E-state index in [9.17, 15) is 5.11 Å². The number of nitrogens with zero attached hydrogens (tertiary/aromatic N) is 2. The van der Waals surface area contributed by atoms with Gasteiger partial charge in [0, 0.05) is 24.7 Å². The summed E-state index contributed by atoms with van der Waals surface area (Å²) in [6.07, 6.45) is 0.899. The highest BCUT2D eigenvalue weighted by Gasteiger charge is 2.26. The molecule has 4 heteroatoms. The van der Waals surface area contributed by atoms with Gasteiger partial charge in [-0.3, -0.25) is 4.90 Å². The van der Waals surface area contributed by atoms with E-state index >= 15 is 0 Å². The summed E-state index contributed by atoms with van der Waals surface area (Å²) in [5.74, 6) is 0. The van der Waals surface area contributed by atoms with E-state index in [1.165, 1.54) is 0 Å². The molecule has 4 nitrogen and oxygen atoms in total. The lowest BCUT2D eigenvalue weighted by Crippen LogP contribution is -2.55. The van der Waals surface area contributed by atoms with Gasteiger partial charge >= 0.3 is 0 Å². The summed E-state index contributed by atoms with van der Waals surface area (Å²) in [5, 5.41) is 9.48. The first-order valence-corrected chi connectivity index (χ1v) is 6.24. The molecule has 0 amide bonds. The van der Waals surface area contributed by atoms with E-state index in [-0.39, 0.29) is 18.7 Å². The van der Waals surface area contributed by atoms with Gasteiger partial charge < -0.3 is 15.7 Å². The Kier molecular flexibility index (Phi) is 7.93. The third kappa shape index (κ3) is 4.78. The van der Waals surface area contributed by atoms with Crippen molar-refractivity contribution in [2.45, 2.75) is 45.3 Å². The average molecular weight is 231 g/mol. The third-order valence-corrected chi connectivity index (χ3v) is 3.14. The lowest BCUT2D eigenvalue weighted by molar-refractivity contribution is 0.0658. The number of hydrogen-bond acceptors (Lipinski definition) is 4. The van der Waals surface area contributed by atoms with Gasteiger partial charge in [0.1, 0.15) is 0 Å². The van der Waals surface area contributed by atoms with Crippen LogP contribution >= 0.6 is 0 Å². The summed E-state index contributed by atoms with van der Waals surface area (Å²) in [7, 11) is 4.14. The fraction of sp³-hybridized carbons (Fsp3) is 1.00. The molecule has 0 spiro atoms. The molecule has 3 atom stereocenters. The zero-order valence-corrected chi connectivity index (χ0v) is 11.5. The minimum Gasteiger partial charge on any atom is -0.395 e. The maximum absolute atomic E-state index is 9.48. The van der Waals surface area contributed by atoms with Gasteiger partial charge in [0.05, 0.1) is 6.61 Å². The molecule has 0 rings (SSSR count). The Balaban J connectivity index is 4.53. The van der Waals surface area contributed by atoms with Crippen LogP contribution in [-0.2, 0) is 0 Å². The van der Waals surface area contributed by atoms with Gasteiger partial charge in [-0.25, -0.2) is 0 Å². The van der Waals surface area contributed by atoms with Crippen LogP contribution in [0.1, 0.15) is 27.2 Å². The SMILES string of the molecule is CCC(N)C(CO)N(CC)C(C)CN(C)C. The molecule has 0 radical (unpaired) electrons. The van der Waals surface area contributed by atoms with E-state index in [4.69, 9.17) is 5.73 Å². The van der Waals surface area contributed by atoms with Crippen LogP contribution in [0.25, 0.3) is 0 Å². The number of hydrogen-bond donors (Lipinski definition) is 2. The Morgan fingerprint density at radius 3 is 2.12 bits per heavy atom. The molecule has 0 aliphatic heterocycles. The molecule has 3 unspecified atom stereocenters. The fourth-order valence-electron chi connectivity index (χ4n) is 2.26. The number of nitrogens with two attached hydrogens (primary N) is 1. The predicted molar refractivity (Wildman–Crippen MR) is 69.5 cm³/mol. The van der Waals surface area contributed by atoms with Crippen LogP contribution in [-0.4, -0.2) is 66.8 Å². The topological polar surface area (TPSA) is 52.7 Å². The number of aliphatic hydroxyl groups excluding tert-OH is 1. The zero-order valence-electron chi connectivity index (χ0n) is 11.5. The normalized spacial score (nSPS) is 17.8. The molecule has 0 saturated heterocycles. The molecule has 0 saturated carbocycles. The molecule has 98 valence electrons. The molecular formula is C12H29N3O. The third-order valence-electron chi connectivity index (χ3n) is 3.14. The Bertz CT molecular complexity index is 176. The fourth-order valence-corrected chi connectivity index (χ4v) is 2.26. The average Bonchev–Trinajstić information content (AvgIpc) is 2.23. The minimum atomic E-state index is 0.0505. The first-order chi connectivity index (χ1) is 7.47. The maximum Gasteiger partial charge on any atom is 0.0602 e. The number of rotatable bonds is 8. The van der Waals surface area contributed by atoms with Gasteiger partial charge in [-0.2, -0.15) is 0 Å². The van der Waals surface area contributed by atoms with E-state index in [1.807, 2.05) is 0 Å². The number of aliphatic hydroxyl groups is 1. The smallest absolute Gasteiger partial charge is 0.0602 e. The van der Waals surface area contributed by atoms with E-state index in [0.717, 1.165) is 19.5 Å². The van der Waals surface area contributed by atoms with Crippen molar-refractivity contribution >= 4 is 0 Å². The molecule has 0 aliphatic rings. The van der Waals surface area contributed by atoms with Crippen molar-refractivity contribution in [2.75, 3.05) is 33.8 Å². The van der Waals surface area contributed by atoms with Gasteiger partial charge in [-0.15, -0.1) is 0 Å². The van der Waals surface area contributed by atoms with Gasteiger partial charge in [0.2, 0.25) is 0 Å². The first kappa shape index (κ1) is 15.8. The van der Waals surface area contributed by atoms with E-state index in [1.54, 1.807) is 0 Å². The monoisotopic (exact) mass is 231 g/mol. The van der Waals surface area contributed by atoms with E-state index in [2.05, 4.69) is 44.7 Å². The van der Waals surface area contributed by atoms with Gasteiger partial charge in [0.25, 0.3) is 0 Å².